The maximum Gasteiger partial charge on any atom is 0.227 e. The molecule has 18 heavy (non-hydrogen) atoms. The molecule has 0 aliphatic carbocycles. The van der Waals surface area contributed by atoms with Crippen molar-refractivity contribution in [1.82, 2.24) is 5.32 Å². The summed E-state index contributed by atoms with van der Waals surface area (Å²) in [7, 11) is 0. The highest BCUT2D eigenvalue weighted by Gasteiger charge is 2.32. The summed E-state index contributed by atoms with van der Waals surface area (Å²) in [6.45, 7) is 2.74. The molecule has 4 nitrogen and oxygen atoms in total. The summed E-state index contributed by atoms with van der Waals surface area (Å²) in [6, 6.07) is 7.11. The van der Waals surface area contributed by atoms with Crippen molar-refractivity contribution in [2.45, 2.75) is 19.0 Å². The van der Waals surface area contributed by atoms with Gasteiger partial charge >= 0.3 is 0 Å². The lowest BCUT2D eigenvalue weighted by Crippen LogP contribution is -2.41. The number of halogens is 1. The fraction of sp³-hybridized carbons (Fsp3) is 0.462. The zero-order valence-corrected chi connectivity index (χ0v) is 11.0. The second-order valence-corrected chi connectivity index (χ2v) is 4.97. The van der Waals surface area contributed by atoms with Gasteiger partial charge in [-0.05, 0) is 18.6 Å². The van der Waals surface area contributed by atoms with Gasteiger partial charge in [0, 0.05) is 11.1 Å². The maximum atomic E-state index is 12.0. The Kier molecular flexibility index (Phi) is 4.22. The van der Waals surface area contributed by atoms with E-state index < -0.39 is 0 Å². The van der Waals surface area contributed by atoms with E-state index in [4.69, 9.17) is 22.1 Å². The van der Waals surface area contributed by atoms with Crippen molar-refractivity contribution in [1.29, 1.82) is 0 Å². The number of rotatable bonds is 3. The Bertz CT molecular complexity index is 439. The summed E-state index contributed by atoms with van der Waals surface area (Å²) in [5, 5.41) is 3.58. The van der Waals surface area contributed by atoms with Crippen LogP contribution in [0.5, 0.6) is 0 Å². The molecule has 1 aromatic rings. The standard InChI is InChI=1S/C13H17ClN2O2/c1-8(9-4-2-3-5-11(9)14)16-13(17)10-6-18-7-12(10)15/h2-5,8,10,12H,6-7,15H2,1H3,(H,16,17). The lowest BCUT2D eigenvalue weighted by Gasteiger charge is -2.19. The summed E-state index contributed by atoms with van der Waals surface area (Å²) in [5.41, 5.74) is 6.72. The molecule has 1 amide bonds. The van der Waals surface area contributed by atoms with Crippen LogP contribution in [0.3, 0.4) is 0 Å². The molecule has 1 aliphatic heterocycles. The molecule has 0 bridgehead atoms. The Morgan fingerprint density at radius 3 is 2.83 bits per heavy atom. The third kappa shape index (κ3) is 2.83. The molecule has 0 aromatic heterocycles. The van der Waals surface area contributed by atoms with Gasteiger partial charge in [0.1, 0.15) is 0 Å². The van der Waals surface area contributed by atoms with Gasteiger partial charge in [-0.15, -0.1) is 0 Å². The first-order valence-corrected chi connectivity index (χ1v) is 6.35. The van der Waals surface area contributed by atoms with Crippen molar-refractivity contribution in [3.05, 3.63) is 34.9 Å². The molecule has 3 atom stereocenters. The average molecular weight is 269 g/mol. The number of hydrogen-bond donors (Lipinski definition) is 2. The van der Waals surface area contributed by atoms with E-state index in [2.05, 4.69) is 5.32 Å². The quantitative estimate of drug-likeness (QED) is 0.873. The lowest BCUT2D eigenvalue weighted by atomic mass is 10.0. The van der Waals surface area contributed by atoms with Gasteiger partial charge in [0.25, 0.3) is 0 Å². The Morgan fingerprint density at radius 1 is 1.50 bits per heavy atom. The van der Waals surface area contributed by atoms with Crippen molar-refractivity contribution in [3.8, 4) is 0 Å². The van der Waals surface area contributed by atoms with Gasteiger partial charge in [0.05, 0.1) is 25.2 Å². The summed E-state index contributed by atoms with van der Waals surface area (Å²) < 4.78 is 5.19. The Labute approximate surface area is 111 Å². The normalized spacial score (nSPS) is 24.8. The minimum absolute atomic E-state index is 0.0765. The van der Waals surface area contributed by atoms with Crippen molar-refractivity contribution in [2.24, 2.45) is 11.7 Å². The number of carbonyl (C=O) groups is 1. The van der Waals surface area contributed by atoms with E-state index in [0.717, 1.165) is 5.56 Å². The van der Waals surface area contributed by atoms with Gasteiger partial charge in [-0.25, -0.2) is 0 Å². The molecule has 3 unspecified atom stereocenters. The van der Waals surface area contributed by atoms with Crippen LogP contribution in [0.25, 0.3) is 0 Å². The number of hydrogen-bond acceptors (Lipinski definition) is 3. The minimum atomic E-state index is -0.269. The van der Waals surface area contributed by atoms with Crippen LogP contribution in [0.2, 0.25) is 5.02 Å². The summed E-state index contributed by atoms with van der Waals surface area (Å²) >= 11 is 6.09. The summed E-state index contributed by atoms with van der Waals surface area (Å²) in [6.07, 6.45) is 0. The number of amides is 1. The number of ether oxygens (including phenoxy) is 1. The van der Waals surface area contributed by atoms with Gasteiger partial charge in [-0.2, -0.15) is 0 Å². The lowest BCUT2D eigenvalue weighted by molar-refractivity contribution is -0.125. The predicted molar refractivity (Wildman–Crippen MR) is 70.3 cm³/mol. The summed E-state index contributed by atoms with van der Waals surface area (Å²) in [5.74, 6) is -0.345. The first kappa shape index (κ1) is 13.3. The van der Waals surface area contributed by atoms with Crippen LogP contribution >= 0.6 is 11.6 Å². The maximum absolute atomic E-state index is 12.0. The molecule has 3 N–H and O–H groups in total. The number of benzene rings is 1. The smallest absolute Gasteiger partial charge is 0.227 e. The molecular weight excluding hydrogens is 252 g/mol. The van der Waals surface area contributed by atoms with Crippen LogP contribution in [-0.4, -0.2) is 25.2 Å². The number of nitrogens with two attached hydrogens (primary N) is 1. The third-order valence-electron chi connectivity index (χ3n) is 3.19. The van der Waals surface area contributed by atoms with Gasteiger partial charge in [0.2, 0.25) is 5.91 Å². The second kappa shape index (κ2) is 5.69. The van der Waals surface area contributed by atoms with E-state index >= 15 is 0 Å². The highest BCUT2D eigenvalue weighted by atomic mass is 35.5. The molecule has 98 valence electrons. The highest BCUT2D eigenvalue weighted by Crippen LogP contribution is 2.23. The van der Waals surface area contributed by atoms with E-state index in [1.807, 2.05) is 31.2 Å². The largest absolute Gasteiger partial charge is 0.379 e. The fourth-order valence-electron chi connectivity index (χ4n) is 2.07. The van der Waals surface area contributed by atoms with Crippen LogP contribution in [0.4, 0.5) is 0 Å². The molecule has 0 radical (unpaired) electrons. The molecular formula is C13H17ClN2O2. The number of carbonyl (C=O) groups excluding carboxylic acids is 1. The zero-order valence-electron chi connectivity index (χ0n) is 10.2. The van der Waals surface area contributed by atoms with E-state index in [-0.39, 0.29) is 23.9 Å². The van der Waals surface area contributed by atoms with Crippen LogP contribution < -0.4 is 11.1 Å². The van der Waals surface area contributed by atoms with Crippen molar-refractivity contribution in [3.63, 3.8) is 0 Å². The van der Waals surface area contributed by atoms with Crippen LogP contribution in [-0.2, 0) is 9.53 Å². The van der Waals surface area contributed by atoms with Crippen molar-refractivity contribution >= 4 is 17.5 Å². The molecule has 1 saturated heterocycles. The molecule has 1 aromatic carbocycles. The van der Waals surface area contributed by atoms with Gasteiger partial charge in [-0.1, -0.05) is 29.8 Å². The first-order valence-electron chi connectivity index (χ1n) is 5.97. The van der Waals surface area contributed by atoms with Crippen LogP contribution in [0.15, 0.2) is 24.3 Å². The van der Waals surface area contributed by atoms with Crippen molar-refractivity contribution < 1.29 is 9.53 Å². The number of nitrogens with one attached hydrogen (secondary N) is 1. The average Bonchev–Trinajstić information content (AvgIpc) is 2.76. The Morgan fingerprint density at radius 2 is 2.22 bits per heavy atom. The molecule has 2 rings (SSSR count). The zero-order chi connectivity index (χ0) is 13.1. The second-order valence-electron chi connectivity index (χ2n) is 4.56. The van der Waals surface area contributed by atoms with E-state index in [1.54, 1.807) is 0 Å². The Hall–Kier alpha value is -1.10. The molecule has 1 aliphatic rings. The molecule has 5 heteroatoms. The van der Waals surface area contributed by atoms with Crippen LogP contribution in [0, 0.1) is 5.92 Å². The molecule has 0 spiro atoms. The fourth-order valence-corrected chi connectivity index (χ4v) is 2.36. The van der Waals surface area contributed by atoms with Gasteiger partial charge in [0.15, 0.2) is 0 Å². The predicted octanol–water partition coefficient (Wildman–Crippen LogP) is 1.49. The van der Waals surface area contributed by atoms with E-state index in [1.165, 1.54) is 0 Å². The van der Waals surface area contributed by atoms with Gasteiger partial charge in [-0.3, -0.25) is 4.79 Å². The molecule has 1 heterocycles. The summed E-state index contributed by atoms with van der Waals surface area (Å²) in [4.78, 5) is 12.0. The van der Waals surface area contributed by atoms with Crippen molar-refractivity contribution in [2.75, 3.05) is 13.2 Å². The topological polar surface area (TPSA) is 64.3 Å². The monoisotopic (exact) mass is 268 g/mol. The third-order valence-corrected chi connectivity index (χ3v) is 3.54. The SMILES string of the molecule is CC(NC(=O)C1COCC1N)c1ccccc1Cl. The molecule has 0 saturated carbocycles. The molecule has 1 fully saturated rings. The van der Waals surface area contributed by atoms with E-state index in [9.17, 15) is 4.79 Å². The minimum Gasteiger partial charge on any atom is -0.379 e. The van der Waals surface area contributed by atoms with Crippen LogP contribution in [0.1, 0.15) is 18.5 Å². The highest BCUT2D eigenvalue weighted by molar-refractivity contribution is 6.31. The first-order chi connectivity index (χ1) is 8.59. The Balaban J connectivity index is 2.01. The van der Waals surface area contributed by atoms with E-state index in [0.29, 0.717) is 18.2 Å². The van der Waals surface area contributed by atoms with Gasteiger partial charge < -0.3 is 15.8 Å².